The Bertz CT molecular complexity index is 1060. The van der Waals surface area contributed by atoms with Crippen LogP contribution in [-0.4, -0.2) is 60.3 Å². The van der Waals surface area contributed by atoms with Gasteiger partial charge in [0.2, 0.25) is 12.4 Å². The minimum Gasteiger partial charge on any atom is -0.461 e. The van der Waals surface area contributed by atoms with Crippen LogP contribution in [0.2, 0.25) is 0 Å². The van der Waals surface area contributed by atoms with Crippen molar-refractivity contribution in [3.8, 4) is 5.75 Å². The fraction of sp³-hybridized carbons (Fsp3) is 0.429. The van der Waals surface area contributed by atoms with Crippen molar-refractivity contribution in [1.82, 2.24) is 0 Å². The molecular formula is C21H22O11. The van der Waals surface area contributed by atoms with Crippen LogP contribution in [0.3, 0.4) is 0 Å². The Balaban J connectivity index is 1.98. The number of benzene rings is 1. The molecule has 0 unspecified atom stereocenters. The van der Waals surface area contributed by atoms with E-state index in [0.29, 0.717) is 5.39 Å². The van der Waals surface area contributed by atoms with Crippen molar-refractivity contribution in [2.24, 2.45) is 0 Å². The number of carbonyl (C=O) groups excluding carboxylic acids is 3. The van der Waals surface area contributed by atoms with E-state index in [4.69, 9.17) is 28.1 Å². The summed E-state index contributed by atoms with van der Waals surface area (Å²) in [5, 5.41) is 10.4. The van der Waals surface area contributed by atoms with E-state index < -0.39 is 60.8 Å². The van der Waals surface area contributed by atoms with E-state index in [1.54, 1.807) is 18.2 Å². The maximum Gasteiger partial charge on any atom is 0.336 e. The van der Waals surface area contributed by atoms with Crippen LogP contribution in [-0.2, 0) is 33.3 Å². The van der Waals surface area contributed by atoms with Crippen LogP contribution in [0.4, 0.5) is 0 Å². The molecule has 32 heavy (non-hydrogen) atoms. The fourth-order valence-electron chi connectivity index (χ4n) is 3.35. The van der Waals surface area contributed by atoms with Gasteiger partial charge in [0.05, 0.1) is 6.61 Å². The summed E-state index contributed by atoms with van der Waals surface area (Å²) in [5.74, 6) is -2.02. The number of fused-ring (bicyclic) bond motifs is 1. The van der Waals surface area contributed by atoms with Crippen LogP contribution >= 0.6 is 0 Å². The van der Waals surface area contributed by atoms with Gasteiger partial charge in [-0.3, -0.25) is 14.4 Å². The zero-order chi connectivity index (χ0) is 23.4. The largest absolute Gasteiger partial charge is 0.461 e. The average molecular weight is 450 g/mol. The van der Waals surface area contributed by atoms with Gasteiger partial charge in [0.25, 0.3) is 0 Å². The van der Waals surface area contributed by atoms with Gasteiger partial charge in [-0.05, 0) is 18.2 Å². The lowest BCUT2D eigenvalue weighted by molar-refractivity contribution is -0.287. The quantitative estimate of drug-likeness (QED) is 0.376. The Hall–Kier alpha value is -3.44. The van der Waals surface area contributed by atoms with Crippen LogP contribution in [0.1, 0.15) is 20.8 Å². The van der Waals surface area contributed by atoms with Crippen LogP contribution < -0.4 is 10.4 Å². The molecule has 1 aliphatic rings. The number of esters is 3. The number of aliphatic hydroxyl groups is 1. The summed E-state index contributed by atoms with van der Waals surface area (Å²) in [6, 6.07) is 7.47. The van der Waals surface area contributed by atoms with Crippen molar-refractivity contribution in [1.29, 1.82) is 0 Å². The highest BCUT2D eigenvalue weighted by molar-refractivity contribution is 5.77. The molecule has 0 radical (unpaired) electrons. The third-order valence-electron chi connectivity index (χ3n) is 4.52. The van der Waals surface area contributed by atoms with Crippen LogP contribution in [0, 0.1) is 0 Å². The van der Waals surface area contributed by atoms with E-state index in [2.05, 4.69) is 0 Å². The molecule has 1 aliphatic heterocycles. The zero-order valence-corrected chi connectivity index (χ0v) is 17.5. The van der Waals surface area contributed by atoms with Gasteiger partial charge >= 0.3 is 23.5 Å². The monoisotopic (exact) mass is 450 g/mol. The number of rotatable bonds is 6. The molecule has 0 aliphatic carbocycles. The molecule has 1 N–H and O–H groups in total. The Morgan fingerprint density at radius 1 is 0.906 bits per heavy atom. The highest BCUT2D eigenvalue weighted by Crippen LogP contribution is 2.31. The lowest BCUT2D eigenvalue weighted by Gasteiger charge is -2.43. The second kappa shape index (κ2) is 9.79. The van der Waals surface area contributed by atoms with E-state index in [0.717, 1.165) is 20.8 Å². The Morgan fingerprint density at radius 2 is 1.50 bits per heavy atom. The van der Waals surface area contributed by atoms with Gasteiger partial charge in [0, 0.05) is 38.3 Å². The molecule has 0 amide bonds. The van der Waals surface area contributed by atoms with Crippen molar-refractivity contribution < 1.29 is 47.6 Å². The summed E-state index contributed by atoms with van der Waals surface area (Å²) >= 11 is 0. The molecule has 1 aromatic carbocycles. The standard InChI is InChI=1S/C21H22O11/c1-10(23)27-18-16(9-22)32-21(20(29-12(3)25)19(18)28-11(2)24)30-14-6-4-13-5-7-17(26)31-15(13)8-14/h4-8,16,18-22H,9H2,1-3H3/t16-,18-,19+,20-,21-/m1/s1. The minimum absolute atomic E-state index is 0.179. The molecule has 2 aromatic rings. The molecule has 0 spiro atoms. The first-order valence-electron chi connectivity index (χ1n) is 9.66. The Labute approximate surface area is 181 Å². The van der Waals surface area contributed by atoms with Gasteiger partial charge < -0.3 is 33.2 Å². The molecule has 0 saturated carbocycles. The molecule has 11 heteroatoms. The van der Waals surface area contributed by atoms with E-state index in [1.165, 1.54) is 12.1 Å². The van der Waals surface area contributed by atoms with Crippen molar-refractivity contribution in [2.75, 3.05) is 6.61 Å². The molecule has 1 saturated heterocycles. The van der Waals surface area contributed by atoms with Crippen molar-refractivity contribution in [3.05, 3.63) is 40.8 Å². The molecular weight excluding hydrogens is 428 g/mol. The summed E-state index contributed by atoms with van der Waals surface area (Å²) in [7, 11) is 0. The second-order valence-electron chi connectivity index (χ2n) is 7.02. The number of carbonyl (C=O) groups is 3. The first-order chi connectivity index (χ1) is 15.2. The summed E-state index contributed by atoms with van der Waals surface area (Å²) < 4.78 is 32.4. The third kappa shape index (κ3) is 5.42. The predicted octanol–water partition coefficient (Wildman–Crippen LogP) is 0.684. The number of aliphatic hydroxyl groups excluding tert-OH is 1. The van der Waals surface area contributed by atoms with Crippen LogP contribution in [0.25, 0.3) is 11.0 Å². The smallest absolute Gasteiger partial charge is 0.336 e. The molecule has 11 nitrogen and oxygen atoms in total. The fourth-order valence-corrected chi connectivity index (χ4v) is 3.35. The highest BCUT2D eigenvalue weighted by atomic mass is 16.7. The van der Waals surface area contributed by atoms with Crippen LogP contribution in [0.5, 0.6) is 5.75 Å². The normalized spacial score (nSPS) is 25.1. The first kappa shape index (κ1) is 23.2. The van der Waals surface area contributed by atoms with E-state index >= 15 is 0 Å². The molecule has 172 valence electrons. The number of hydrogen-bond acceptors (Lipinski definition) is 11. The van der Waals surface area contributed by atoms with E-state index in [-0.39, 0.29) is 11.3 Å². The highest BCUT2D eigenvalue weighted by Gasteiger charge is 2.52. The van der Waals surface area contributed by atoms with E-state index in [1.807, 2.05) is 0 Å². The summed E-state index contributed by atoms with van der Waals surface area (Å²) in [6.07, 6.45) is -6.45. The Kier molecular flexibility index (Phi) is 7.11. The third-order valence-corrected chi connectivity index (χ3v) is 4.52. The SMILES string of the molecule is CC(=O)O[C@@H]1[C@@H](OC(C)=O)[C@H](Oc2ccc3ccc(=O)oc3c2)O[C@H](CO)[C@H]1OC(C)=O. The molecule has 3 rings (SSSR count). The Morgan fingerprint density at radius 3 is 2.12 bits per heavy atom. The lowest BCUT2D eigenvalue weighted by Crippen LogP contribution is -2.63. The first-order valence-corrected chi connectivity index (χ1v) is 9.66. The zero-order valence-electron chi connectivity index (χ0n) is 17.5. The molecule has 0 bridgehead atoms. The van der Waals surface area contributed by atoms with Gasteiger partial charge in [-0.2, -0.15) is 0 Å². The van der Waals surface area contributed by atoms with Gasteiger partial charge in [-0.1, -0.05) is 0 Å². The van der Waals surface area contributed by atoms with Gasteiger partial charge in [0.15, 0.2) is 12.2 Å². The van der Waals surface area contributed by atoms with Crippen molar-refractivity contribution >= 4 is 28.9 Å². The molecule has 5 atom stereocenters. The average Bonchev–Trinajstić information content (AvgIpc) is 2.70. The maximum absolute atomic E-state index is 11.8. The van der Waals surface area contributed by atoms with Crippen molar-refractivity contribution in [2.45, 2.75) is 51.5 Å². The summed E-state index contributed by atoms with van der Waals surface area (Å²) in [5.41, 5.74) is -0.316. The lowest BCUT2D eigenvalue weighted by atomic mass is 9.98. The maximum atomic E-state index is 11.8. The number of hydrogen-bond donors (Lipinski definition) is 1. The van der Waals surface area contributed by atoms with Gasteiger partial charge in [-0.25, -0.2) is 4.79 Å². The van der Waals surface area contributed by atoms with Gasteiger partial charge in [-0.15, -0.1) is 0 Å². The predicted molar refractivity (Wildman–Crippen MR) is 106 cm³/mol. The molecule has 2 heterocycles. The van der Waals surface area contributed by atoms with Crippen LogP contribution in [0.15, 0.2) is 39.5 Å². The molecule has 1 aromatic heterocycles. The topological polar surface area (TPSA) is 148 Å². The summed E-state index contributed by atoms with van der Waals surface area (Å²) in [4.78, 5) is 46.6. The minimum atomic E-state index is -1.36. The van der Waals surface area contributed by atoms with Gasteiger partial charge in [0.1, 0.15) is 17.4 Å². The second-order valence-corrected chi connectivity index (χ2v) is 7.02. The van der Waals surface area contributed by atoms with Crippen molar-refractivity contribution in [3.63, 3.8) is 0 Å². The van der Waals surface area contributed by atoms with E-state index in [9.17, 15) is 24.3 Å². The summed E-state index contributed by atoms with van der Waals surface area (Å²) in [6.45, 7) is 2.77. The number of ether oxygens (including phenoxy) is 5. The molecule has 1 fully saturated rings.